The Kier molecular flexibility index (Phi) is 4.78. The zero-order chi connectivity index (χ0) is 16.1. The second-order valence-electron chi connectivity index (χ2n) is 4.63. The van der Waals surface area contributed by atoms with Crippen molar-refractivity contribution in [2.45, 2.75) is 6.92 Å². The van der Waals surface area contributed by atoms with Crippen LogP contribution < -0.4 is 14.8 Å². The fourth-order valence-corrected chi connectivity index (χ4v) is 2.08. The molecule has 1 amide bonds. The standard InChI is InChI=1S/C17H17NO4/c1-11(19)12-6-4-7-13(10-12)18-17(20)14-8-5-9-15(21-2)16(14)22-3/h4-10H,1-3H3,(H,18,20). The molecule has 0 aliphatic rings. The van der Waals surface area contributed by atoms with Crippen molar-refractivity contribution >= 4 is 17.4 Å². The molecule has 0 atom stereocenters. The zero-order valence-electron chi connectivity index (χ0n) is 12.7. The average molecular weight is 299 g/mol. The van der Waals surface area contributed by atoms with Gasteiger partial charge in [-0.25, -0.2) is 0 Å². The molecule has 0 unspecified atom stereocenters. The molecule has 5 nitrogen and oxygen atoms in total. The quantitative estimate of drug-likeness (QED) is 0.861. The van der Waals surface area contributed by atoms with E-state index in [1.807, 2.05) is 0 Å². The maximum absolute atomic E-state index is 12.4. The average Bonchev–Trinajstić information content (AvgIpc) is 2.54. The number of para-hydroxylation sites is 1. The number of nitrogens with one attached hydrogen (secondary N) is 1. The number of ketones is 1. The first-order valence-electron chi connectivity index (χ1n) is 6.70. The molecule has 0 bridgehead atoms. The molecule has 0 spiro atoms. The summed E-state index contributed by atoms with van der Waals surface area (Å²) in [6.07, 6.45) is 0. The lowest BCUT2D eigenvalue weighted by Gasteiger charge is -2.12. The van der Waals surface area contributed by atoms with Gasteiger partial charge < -0.3 is 14.8 Å². The molecule has 2 aromatic carbocycles. The Morgan fingerprint density at radius 2 is 1.73 bits per heavy atom. The van der Waals surface area contributed by atoms with Gasteiger partial charge in [-0.3, -0.25) is 9.59 Å². The molecular formula is C17H17NO4. The van der Waals surface area contributed by atoms with Crippen molar-refractivity contribution in [2.24, 2.45) is 0 Å². The van der Waals surface area contributed by atoms with Crippen LogP contribution in [0.5, 0.6) is 11.5 Å². The zero-order valence-corrected chi connectivity index (χ0v) is 12.7. The second-order valence-corrected chi connectivity index (χ2v) is 4.63. The molecule has 0 saturated carbocycles. The third-order valence-corrected chi connectivity index (χ3v) is 3.17. The summed E-state index contributed by atoms with van der Waals surface area (Å²) in [5.41, 5.74) is 1.44. The summed E-state index contributed by atoms with van der Waals surface area (Å²) in [5, 5.41) is 2.75. The molecule has 0 aliphatic carbocycles. The Morgan fingerprint density at radius 3 is 2.36 bits per heavy atom. The van der Waals surface area contributed by atoms with E-state index in [2.05, 4.69) is 5.32 Å². The Hall–Kier alpha value is -2.82. The molecule has 0 saturated heterocycles. The van der Waals surface area contributed by atoms with Gasteiger partial charge in [0.1, 0.15) is 0 Å². The number of hydrogen-bond acceptors (Lipinski definition) is 4. The van der Waals surface area contributed by atoms with E-state index in [1.54, 1.807) is 42.5 Å². The molecule has 2 rings (SSSR count). The molecule has 0 radical (unpaired) electrons. The number of amides is 1. The van der Waals surface area contributed by atoms with Crippen LogP contribution in [0.4, 0.5) is 5.69 Å². The third-order valence-electron chi connectivity index (χ3n) is 3.17. The first-order valence-corrected chi connectivity index (χ1v) is 6.70. The van der Waals surface area contributed by atoms with Crippen LogP contribution in [0.3, 0.4) is 0 Å². The number of ether oxygens (including phenoxy) is 2. The Balaban J connectivity index is 2.30. The summed E-state index contributed by atoms with van der Waals surface area (Å²) in [4.78, 5) is 23.8. The highest BCUT2D eigenvalue weighted by atomic mass is 16.5. The van der Waals surface area contributed by atoms with Gasteiger partial charge in [0, 0.05) is 11.3 Å². The van der Waals surface area contributed by atoms with Crippen molar-refractivity contribution in [2.75, 3.05) is 19.5 Å². The van der Waals surface area contributed by atoms with Crippen molar-refractivity contribution < 1.29 is 19.1 Å². The number of carbonyl (C=O) groups excluding carboxylic acids is 2. The van der Waals surface area contributed by atoms with E-state index in [-0.39, 0.29) is 11.7 Å². The van der Waals surface area contributed by atoms with Gasteiger partial charge in [-0.15, -0.1) is 0 Å². The van der Waals surface area contributed by atoms with E-state index < -0.39 is 0 Å². The van der Waals surface area contributed by atoms with Gasteiger partial charge in [0.05, 0.1) is 19.8 Å². The summed E-state index contributed by atoms with van der Waals surface area (Å²) >= 11 is 0. The smallest absolute Gasteiger partial charge is 0.259 e. The van der Waals surface area contributed by atoms with Crippen molar-refractivity contribution in [3.8, 4) is 11.5 Å². The molecule has 2 aromatic rings. The molecule has 0 aliphatic heterocycles. The molecule has 5 heteroatoms. The molecular weight excluding hydrogens is 282 g/mol. The molecule has 114 valence electrons. The van der Waals surface area contributed by atoms with Crippen molar-refractivity contribution in [3.05, 3.63) is 53.6 Å². The highest BCUT2D eigenvalue weighted by Gasteiger charge is 2.16. The first-order chi connectivity index (χ1) is 10.6. The lowest BCUT2D eigenvalue weighted by atomic mass is 10.1. The summed E-state index contributed by atoms with van der Waals surface area (Å²) < 4.78 is 10.4. The van der Waals surface area contributed by atoms with E-state index >= 15 is 0 Å². The van der Waals surface area contributed by atoms with E-state index in [0.717, 1.165) is 0 Å². The predicted molar refractivity (Wildman–Crippen MR) is 83.9 cm³/mol. The largest absolute Gasteiger partial charge is 0.493 e. The fraction of sp³-hybridized carbons (Fsp3) is 0.176. The maximum atomic E-state index is 12.4. The van der Waals surface area contributed by atoms with Crippen molar-refractivity contribution in [3.63, 3.8) is 0 Å². The van der Waals surface area contributed by atoms with E-state index in [9.17, 15) is 9.59 Å². The number of hydrogen-bond donors (Lipinski definition) is 1. The fourth-order valence-electron chi connectivity index (χ4n) is 2.08. The molecule has 1 N–H and O–H groups in total. The van der Waals surface area contributed by atoms with Crippen LogP contribution in [0, 0.1) is 0 Å². The first kappa shape index (κ1) is 15.6. The predicted octanol–water partition coefficient (Wildman–Crippen LogP) is 3.16. The number of anilines is 1. The van der Waals surface area contributed by atoms with E-state index in [0.29, 0.717) is 28.3 Å². The third kappa shape index (κ3) is 3.25. The minimum Gasteiger partial charge on any atom is -0.493 e. The Morgan fingerprint density at radius 1 is 1.00 bits per heavy atom. The highest BCUT2D eigenvalue weighted by Crippen LogP contribution is 2.31. The molecule has 22 heavy (non-hydrogen) atoms. The minimum absolute atomic E-state index is 0.0601. The van der Waals surface area contributed by atoms with Crippen LogP contribution in [-0.2, 0) is 0 Å². The van der Waals surface area contributed by atoms with Crippen LogP contribution in [0.15, 0.2) is 42.5 Å². The van der Waals surface area contributed by atoms with Gasteiger partial charge in [0.15, 0.2) is 17.3 Å². The molecule has 0 aromatic heterocycles. The van der Waals surface area contributed by atoms with Gasteiger partial charge in [-0.1, -0.05) is 18.2 Å². The van der Waals surface area contributed by atoms with Crippen molar-refractivity contribution in [1.82, 2.24) is 0 Å². The number of benzene rings is 2. The maximum Gasteiger partial charge on any atom is 0.259 e. The van der Waals surface area contributed by atoms with E-state index in [1.165, 1.54) is 21.1 Å². The highest BCUT2D eigenvalue weighted by molar-refractivity contribution is 6.07. The van der Waals surface area contributed by atoms with Gasteiger partial charge in [-0.2, -0.15) is 0 Å². The van der Waals surface area contributed by atoms with Crippen LogP contribution in [0.1, 0.15) is 27.6 Å². The summed E-state index contributed by atoms with van der Waals surface area (Å²) in [6, 6.07) is 11.8. The van der Waals surface area contributed by atoms with Gasteiger partial charge in [0.25, 0.3) is 5.91 Å². The van der Waals surface area contributed by atoms with Gasteiger partial charge in [0.2, 0.25) is 0 Å². The molecule has 0 heterocycles. The number of methoxy groups -OCH3 is 2. The van der Waals surface area contributed by atoms with Crippen LogP contribution >= 0.6 is 0 Å². The number of Topliss-reactive ketones (excluding diaryl/α,β-unsaturated/α-hetero) is 1. The topological polar surface area (TPSA) is 64.6 Å². The van der Waals surface area contributed by atoms with Crippen LogP contribution in [-0.4, -0.2) is 25.9 Å². The lowest BCUT2D eigenvalue weighted by molar-refractivity contribution is 0.100. The van der Waals surface area contributed by atoms with Crippen molar-refractivity contribution in [1.29, 1.82) is 0 Å². The normalized spacial score (nSPS) is 9.95. The Labute approximate surface area is 128 Å². The summed E-state index contributed by atoms with van der Waals surface area (Å²) in [7, 11) is 2.99. The summed E-state index contributed by atoms with van der Waals surface area (Å²) in [5.74, 6) is 0.448. The lowest BCUT2D eigenvalue weighted by Crippen LogP contribution is -2.14. The van der Waals surface area contributed by atoms with Gasteiger partial charge in [-0.05, 0) is 31.2 Å². The van der Waals surface area contributed by atoms with Crippen LogP contribution in [0.2, 0.25) is 0 Å². The van der Waals surface area contributed by atoms with Gasteiger partial charge >= 0.3 is 0 Å². The molecule has 0 fully saturated rings. The monoisotopic (exact) mass is 299 g/mol. The van der Waals surface area contributed by atoms with E-state index in [4.69, 9.17) is 9.47 Å². The number of carbonyl (C=O) groups is 2. The second kappa shape index (κ2) is 6.76. The minimum atomic E-state index is -0.337. The Bertz CT molecular complexity index is 710. The summed E-state index contributed by atoms with van der Waals surface area (Å²) in [6.45, 7) is 1.48. The number of rotatable bonds is 5. The SMILES string of the molecule is COc1cccc(C(=O)Nc2cccc(C(C)=O)c2)c1OC. The van der Waals surface area contributed by atoms with Crippen LogP contribution in [0.25, 0.3) is 0 Å².